The van der Waals surface area contributed by atoms with Gasteiger partial charge in [0.1, 0.15) is 5.75 Å². The van der Waals surface area contributed by atoms with Gasteiger partial charge in [0.15, 0.2) is 0 Å². The Balaban J connectivity index is 2.26. The van der Waals surface area contributed by atoms with Crippen LogP contribution in [-0.4, -0.2) is 11.7 Å². The maximum atomic E-state index is 9.56. The van der Waals surface area contributed by atoms with Gasteiger partial charge in [0.05, 0.1) is 4.47 Å². The van der Waals surface area contributed by atoms with Gasteiger partial charge in [-0.1, -0.05) is 29.8 Å². The van der Waals surface area contributed by atoms with E-state index in [4.69, 9.17) is 5.73 Å². The van der Waals surface area contributed by atoms with E-state index in [-0.39, 0.29) is 5.75 Å². The van der Waals surface area contributed by atoms with E-state index in [1.54, 1.807) is 6.07 Å². The SMILES string of the molecule is Cc1ccc(C(CN)Cc2ccc(O)c(Br)c2)c(C)c1. The quantitative estimate of drug-likeness (QED) is 0.886. The molecule has 20 heavy (non-hydrogen) atoms. The highest BCUT2D eigenvalue weighted by molar-refractivity contribution is 9.10. The molecule has 0 spiro atoms. The molecule has 3 heteroatoms. The Bertz CT molecular complexity index is 610. The molecule has 0 fully saturated rings. The molecule has 0 aromatic heterocycles. The first-order valence-corrected chi connectivity index (χ1v) is 7.55. The molecule has 0 saturated carbocycles. The lowest BCUT2D eigenvalue weighted by Crippen LogP contribution is -2.16. The minimum absolute atomic E-state index is 0.268. The van der Waals surface area contributed by atoms with Crippen LogP contribution < -0.4 is 5.73 Å². The van der Waals surface area contributed by atoms with Crippen LogP contribution in [0.2, 0.25) is 0 Å². The first-order chi connectivity index (χ1) is 9.51. The predicted molar refractivity (Wildman–Crippen MR) is 87.2 cm³/mol. The van der Waals surface area contributed by atoms with Crippen molar-refractivity contribution < 1.29 is 5.11 Å². The number of phenols is 1. The van der Waals surface area contributed by atoms with Gasteiger partial charge in [-0.3, -0.25) is 0 Å². The number of aryl methyl sites for hydroxylation is 2. The number of halogens is 1. The Kier molecular flexibility index (Phi) is 4.84. The summed E-state index contributed by atoms with van der Waals surface area (Å²) in [7, 11) is 0. The van der Waals surface area contributed by atoms with Crippen LogP contribution in [0.3, 0.4) is 0 Å². The highest BCUT2D eigenvalue weighted by Crippen LogP contribution is 2.28. The van der Waals surface area contributed by atoms with Gasteiger partial charge in [0, 0.05) is 5.92 Å². The van der Waals surface area contributed by atoms with Crippen LogP contribution in [0, 0.1) is 13.8 Å². The van der Waals surface area contributed by atoms with E-state index in [1.807, 2.05) is 12.1 Å². The lowest BCUT2D eigenvalue weighted by atomic mass is 9.88. The largest absolute Gasteiger partial charge is 0.507 e. The molecule has 1 unspecified atom stereocenters. The van der Waals surface area contributed by atoms with Crippen molar-refractivity contribution in [3.8, 4) is 5.75 Å². The second-order valence-electron chi connectivity index (χ2n) is 5.28. The number of hydrogen-bond acceptors (Lipinski definition) is 2. The van der Waals surface area contributed by atoms with E-state index in [0.717, 1.165) is 10.9 Å². The third-order valence-electron chi connectivity index (χ3n) is 3.64. The number of rotatable bonds is 4. The molecular weight excluding hydrogens is 314 g/mol. The molecule has 0 aliphatic carbocycles. The molecule has 2 aromatic carbocycles. The molecule has 0 bridgehead atoms. The summed E-state index contributed by atoms with van der Waals surface area (Å²) in [6.45, 7) is 4.85. The molecular formula is C17H20BrNO. The predicted octanol–water partition coefficient (Wildman–Crippen LogP) is 4.06. The standard InChI is InChI=1S/C17H20BrNO/c1-11-3-5-15(12(2)7-11)14(10-19)8-13-4-6-17(20)16(18)9-13/h3-7,9,14,20H,8,10,19H2,1-2H3. The van der Waals surface area contributed by atoms with Crippen molar-refractivity contribution >= 4 is 15.9 Å². The van der Waals surface area contributed by atoms with Crippen LogP contribution in [0.4, 0.5) is 0 Å². The van der Waals surface area contributed by atoms with E-state index >= 15 is 0 Å². The molecule has 3 N–H and O–H groups in total. The summed E-state index contributed by atoms with van der Waals surface area (Å²) in [4.78, 5) is 0. The van der Waals surface area contributed by atoms with Gasteiger partial charge >= 0.3 is 0 Å². The Morgan fingerprint density at radius 2 is 1.90 bits per heavy atom. The van der Waals surface area contributed by atoms with Crippen LogP contribution in [0.15, 0.2) is 40.9 Å². The summed E-state index contributed by atoms with van der Waals surface area (Å²) in [6.07, 6.45) is 0.874. The molecule has 1 atom stereocenters. The van der Waals surface area contributed by atoms with Crippen LogP contribution in [0.5, 0.6) is 5.75 Å². The molecule has 0 aliphatic rings. The summed E-state index contributed by atoms with van der Waals surface area (Å²) in [5, 5.41) is 9.56. The van der Waals surface area contributed by atoms with Crippen molar-refractivity contribution in [1.82, 2.24) is 0 Å². The normalized spacial score (nSPS) is 12.4. The molecule has 0 radical (unpaired) electrons. The maximum absolute atomic E-state index is 9.56. The highest BCUT2D eigenvalue weighted by atomic mass is 79.9. The molecule has 106 valence electrons. The minimum Gasteiger partial charge on any atom is -0.507 e. The number of nitrogens with two attached hydrogens (primary N) is 1. The topological polar surface area (TPSA) is 46.2 Å². The van der Waals surface area contributed by atoms with E-state index in [1.165, 1.54) is 22.3 Å². The molecule has 0 aliphatic heterocycles. The average molecular weight is 334 g/mol. The summed E-state index contributed by atoms with van der Waals surface area (Å²) in [5.74, 6) is 0.566. The van der Waals surface area contributed by atoms with Gasteiger partial charge in [-0.15, -0.1) is 0 Å². The Labute approximate surface area is 128 Å². The van der Waals surface area contributed by atoms with Crippen molar-refractivity contribution in [3.05, 3.63) is 63.1 Å². The Morgan fingerprint density at radius 3 is 2.50 bits per heavy atom. The Morgan fingerprint density at radius 1 is 1.15 bits per heavy atom. The number of aromatic hydroxyl groups is 1. The Hall–Kier alpha value is -1.32. The monoisotopic (exact) mass is 333 g/mol. The van der Waals surface area contributed by atoms with Gasteiger partial charge in [-0.25, -0.2) is 0 Å². The summed E-state index contributed by atoms with van der Waals surface area (Å²) in [6, 6.07) is 12.1. The van der Waals surface area contributed by atoms with Crippen LogP contribution in [-0.2, 0) is 6.42 Å². The van der Waals surface area contributed by atoms with Crippen LogP contribution in [0.25, 0.3) is 0 Å². The van der Waals surface area contributed by atoms with Crippen LogP contribution in [0.1, 0.15) is 28.2 Å². The fraction of sp³-hybridized carbons (Fsp3) is 0.294. The van der Waals surface area contributed by atoms with Crippen molar-refractivity contribution in [1.29, 1.82) is 0 Å². The van der Waals surface area contributed by atoms with E-state index < -0.39 is 0 Å². The molecule has 2 nitrogen and oxygen atoms in total. The first-order valence-electron chi connectivity index (χ1n) is 6.76. The smallest absolute Gasteiger partial charge is 0.129 e. The van der Waals surface area contributed by atoms with Crippen molar-refractivity contribution in [2.45, 2.75) is 26.2 Å². The molecule has 0 heterocycles. The van der Waals surface area contributed by atoms with E-state index in [9.17, 15) is 5.11 Å². The number of phenolic OH excluding ortho intramolecular Hbond substituents is 1. The van der Waals surface area contributed by atoms with E-state index in [2.05, 4.69) is 48.0 Å². The van der Waals surface area contributed by atoms with Crippen molar-refractivity contribution in [2.75, 3.05) is 6.54 Å². The summed E-state index contributed by atoms with van der Waals surface area (Å²) < 4.78 is 0.728. The summed E-state index contributed by atoms with van der Waals surface area (Å²) >= 11 is 3.36. The lowest BCUT2D eigenvalue weighted by Gasteiger charge is -2.18. The highest BCUT2D eigenvalue weighted by Gasteiger charge is 2.14. The fourth-order valence-electron chi connectivity index (χ4n) is 2.57. The fourth-order valence-corrected chi connectivity index (χ4v) is 2.99. The van der Waals surface area contributed by atoms with E-state index in [0.29, 0.717) is 12.5 Å². The van der Waals surface area contributed by atoms with Gasteiger partial charge in [-0.2, -0.15) is 0 Å². The van der Waals surface area contributed by atoms with Crippen LogP contribution >= 0.6 is 15.9 Å². The number of benzene rings is 2. The lowest BCUT2D eigenvalue weighted by molar-refractivity contribution is 0.471. The van der Waals surface area contributed by atoms with Crippen molar-refractivity contribution in [3.63, 3.8) is 0 Å². The second-order valence-corrected chi connectivity index (χ2v) is 6.14. The van der Waals surface area contributed by atoms with Crippen molar-refractivity contribution in [2.24, 2.45) is 5.73 Å². The molecule has 0 saturated heterocycles. The second kappa shape index (κ2) is 6.42. The minimum atomic E-state index is 0.268. The summed E-state index contributed by atoms with van der Waals surface area (Å²) in [5.41, 5.74) is 11.0. The first kappa shape index (κ1) is 15.1. The average Bonchev–Trinajstić information content (AvgIpc) is 2.41. The zero-order valence-corrected chi connectivity index (χ0v) is 13.4. The zero-order chi connectivity index (χ0) is 14.7. The van der Waals surface area contributed by atoms with Gasteiger partial charge in [0.25, 0.3) is 0 Å². The number of hydrogen-bond donors (Lipinski definition) is 2. The third kappa shape index (κ3) is 3.41. The zero-order valence-electron chi connectivity index (χ0n) is 11.9. The molecule has 2 rings (SSSR count). The maximum Gasteiger partial charge on any atom is 0.129 e. The van der Waals surface area contributed by atoms with Gasteiger partial charge in [0.2, 0.25) is 0 Å². The third-order valence-corrected chi connectivity index (χ3v) is 4.28. The van der Waals surface area contributed by atoms with Gasteiger partial charge < -0.3 is 10.8 Å². The van der Waals surface area contributed by atoms with Gasteiger partial charge in [-0.05, 0) is 71.6 Å². The molecule has 0 amide bonds. The molecule has 2 aromatic rings.